The third kappa shape index (κ3) is 2.84. The van der Waals surface area contributed by atoms with Crippen LogP contribution in [0.15, 0.2) is 22.7 Å². The normalized spacial score (nSPS) is 20.2. The molecule has 0 radical (unpaired) electrons. The Bertz CT molecular complexity index is 537. The van der Waals surface area contributed by atoms with Crippen molar-refractivity contribution in [3.05, 3.63) is 22.7 Å². The standard InChI is InChI=1S/C13H15BrN2OS/c14-9-4-5-12-11(7-9)16-13(18-12)15-8-10-3-1-2-6-17-10/h4-5,7,10H,1-3,6,8H2,(H,15,16). The zero-order valence-corrected chi connectivity index (χ0v) is 12.4. The van der Waals surface area contributed by atoms with Gasteiger partial charge in [-0.1, -0.05) is 27.3 Å². The summed E-state index contributed by atoms with van der Waals surface area (Å²) in [5.41, 5.74) is 1.04. The molecule has 1 aliphatic rings. The fourth-order valence-electron chi connectivity index (χ4n) is 2.15. The molecular formula is C13H15BrN2OS. The molecular weight excluding hydrogens is 312 g/mol. The van der Waals surface area contributed by atoms with E-state index in [1.165, 1.54) is 17.5 Å². The van der Waals surface area contributed by atoms with Crippen LogP contribution in [0.1, 0.15) is 19.3 Å². The maximum atomic E-state index is 5.70. The van der Waals surface area contributed by atoms with Gasteiger partial charge in [0.25, 0.3) is 0 Å². The Labute approximate surface area is 119 Å². The first-order chi connectivity index (χ1) is 8.81. The van der Waals surface area contributed by atoms with Gasteiger partial charge in [0.1, 0.15) is 0 Å². The molecule has 1 aliphatic heterocycles. The highest BCUT2D eigenvalue weighted by molar-refractivity contribution is 9.10. The average molecular weight is 327 g/mol. The largest absolute Gasteiger partial charge is 0.376 e. The van der Waals surface area contributed by atoms with Crippen LogP contribution in [0.2, 0.25) is 0 Å². The number of nitrogens with one attached hydrogen (secondary N) is 1. The second-order valence-corrected chi connectivity index (χ2v) is 6.45. The van der Waals surface area contributed by atoms with Crippen molar-refractivity contribution in [2.75, 3.05) is 18.5 Å². The van der Waals surface area contributed by atoms with E-state index in [0.717, 1.165) is 34.7 Å². The highest BCUT2D eigenvalue weighted by atomic mass is 79.9. The first-order valence-electron chi connectivity index (χ1n) is 6.23. The number of hydrogen-bond acceptors (Lipinski definition) is 4. The quantitative estimate of drug-likeness (QED) is 0.924. The Morgan fingerprint density at radius 3 is 3.22 bits per heavy atom. The van der Waals surface area contributed by atoms with E-state index < -0.39 is 0 Å². The van der Waals surface area contributed by atoms with E-state index in [1.807, 2.05) is 6.07 Å². The number of ether oxygens (including phenoxy) is 1. The lowest BCUT2D eigenvalue weighted by Crippen LogP contribution is -2.26. The van der Waals surface area contributed by atoms with Crippen LogP contribution in [0, 0.1) is 0 Å². The van der Waals surface area contributed by atoms with Crippen molar-refractivity contribution < 1.29 is 4.74 Å². The van der Waals surface area contributed by atoms with E-state index in [2.05, 4.69) is 38.4 Å². The zero-order valence-electron chi connectivity index (χ0n) is 9.99. The molecule has 1 saturated heterocycles. The van der Waals surface area contributed by atoms with Crippen LogP contribution in [0.5, 0.6) is 0 Å². The van der Waals surface area contributed by atoms with Gasteiger partial charge in [-0.15, -0.1) is 0 Å². The molecule has 96 valence electrons. The van der Waals surface area contributed by atoms with Crippen LogP contribution < -0.4 is 5.32 Å². The summed E-state index contributed by atoms with van der Waals surface area (Å²) in [6.45, 7) is 1.76. The molecule has 5 heteroatoms. The van der Waals surface area contributed by atoms with Crippen LogP contribution in [0.4, 0.5) is 5.13 Å². The van der Waals surface area contributed by atoms with E-state index in [1.54, 1.807) is 11.3 Å². The fraction of sp³-hybridized carbons (Fsp3) is 0.462. The van der Waals surface area contributed by atoms with Crippen LogP contribution in [-0.4, -0.2) is 24.2 Å². The van der Waals surface area contributed by atoms with E-state index in [0.29, 0.717) is 6.10 Å². The Hall–Kier alpha value is -0.650. The van der Waals surface area contributed by atoms with Crippen LogP contribution >= 0.6 is 27.3 Å². The number of halogens is 1. The molecule has 1 N–H and O–H groups in total. The van der Waals surface area contributed by atoms with E-state index in [-0.39, 0.29) is 0 Å². The summed E-state index contributed by atoms with van der Waals surface area (Å²) >= 11 is 5.16. The maximum absolute atomic E-state index is 5.70. The number of benzene rings is 1. The summed E-state index contributed by atoms with van der Waals surface area (Å²) in [7, 11) is 0. The van der Waals surface area contributed by atoms with E-state index >= 15 is 0 Å². The van der Waals surface area contributed by atoms with Gasteiger partial charge >= 0.3 is 0 Å². The predicted octanol–water partition coefficient (Wildman–Crippen LogP) is 4.04. The third-order valence-electron chi connectivity index (χ3n) is 3.10. The lowest BCUT2D eigenvalue weighted by molar-refractivity contribution is 0.0247. The van der Waals surface area contributed by atoms with Gasteiger partial charge in [0.05, 0.1) is 16.3 Å². The Kier molecular flexibility index (Phi) is 3.82. The number of thiazole rings is 1. The first-order valence-corrected chi connectivity index (χ1v) is 7.84. The molecule has 0 aliphatic carbocycles. The first kappa shape index (κ1) is 12.4. The predicted molar refractivity (Wildman–Crippen MR) is 79.4 cm³/mol. The Morgan fingerprint density at radius 2 is 2.39 bits per heavy atom. The second-order valence-electron chi connectivity index (χ2n) is 4.50. The van der Waals surface area contributed by atoms with E-state index in [4.69, 9.17) is 4.74 Å². The number of fused-ring (bicyclic) bond motifs is 1. The molecule has 1 aromatic heterocycles. The monoisotopic (exact) mass is 326 g/mol. The van der Waals surface area contributed by atoms with Crippen molar-refractivity contribution in [1.82, 2.24) is 4.98 Å². The molecule has 3 nitrogen and oxygen atoms in total. The highest BCUT2D eigenvalue weighted by Crippen LogP contribution is 2.28. The minimum atomic E-state index is 0.345. The van der Waals surface area contributed by atoms with E-state index in [9.17, 15) is 0 Å². The third-order valence-corrected chi connectivity index (χ3v) is 4.59. The van der Waals surface area contributed by atoms with Crippen LogP contribution in [0.25, 0.3) is 10.2 Å². The molecule has 2 heterocycles. The molecule has 0 spiro atoms. The van der Waals surface area contributed by atoms with Gasteiger partial charge in [0, 0.05) is 17.6 Å². The summed E-state index contributed by atoms with van der Waals surface area (Å²) in [4.78, 5) is 4.58. The summed E-state index contributed by atoms with van der Waals surface area (Å²) in [5, 5.41) is 4.37. The molecule has 0 bridgehead atoms. The molecule has 1 aromatic carbocycles. The fourth-order valence-corrected chi connectivity index (χ4v) is 3.35. The second kappa shape index (κ2) is 5.55. The molecule has 3 rings (SSSR count). The maximum Gasteiger partial charge on any atom is 0.183 e. The van der Waals surface area contributed by atoms with Gasteiger partial charge in [-0.3, -0.25) is 0 Å². The molecule has 1 unspecified atom stereocenters. The Morgan fingerprint density at radius 1 is 1.44 bits per heavy atom. The molecule has 18 heavy (non-hydrogen) atoms. The molecule has 2 aromatic rings. The minimum Gasteiger partial charge on any atom is -0.376 e. The average Bonchev–Trinajstić information content (AvgIpc) is 2.79. The topological polar surface area (TPSA) is 34.1 Å². The highest BCUT2D eigenvalue weighted by Gasteiger charge is 2.14. The molecule has 0 amide bonds. The number of nitrogens with zero attached hydrogens (tertiary/aromatic N) is 1. The van der Waals surface area contributed by atoms with Crippen molar-refractivity contribution in [2.45, 2.75) is 25.4 Å². The number of anilines is 1. The number of aromatic nitrogens is 1. The zero-order chi connectivity index (χ0) is 12.4. The van der Waals surface area contributed by atoms with Gasteiger partial charge in [-0.25, -0.2) is 4.98 Å². The summed E-state index contributed by atoms with van der Waals surface area (Å²) < 4.78 is 7.98. The molecule has 1 atom stereocenters. The van der Waals surface area contributed by atoms with Crippen molar-refractivity contribution in [1.29, 1.82) is 0 Å². The summed E-state index contributed by atoms with van der Waals surface area (Å²) in [6.07, 6.45) is 3.98. The van der Waals surface area contributed by atoms with Crippen LogP contribution in [-0.2, 0) is 4.74 Å². The summed E-state index contributed by atoms with van der Waals surface area (Å²) in [5.74, 6) is 0. The minimum absolute atomic E-state index is 0.345. The van der Waals surface area contributed by atoms with Crippen molar-refractivity contribution in [2.24, 2.45) is 0 Å². The smallest absolute Gasteiger partial charge is 0.183 e. The van der Waals surface area contributed by atoms with Crippen molar-refractivity contribution >= 4 is 42.6 Å². The molecule has 1 fully saturated rings. The van der Waals surface area contributed by atoms with Gasteiger partial charge in [-0.2, -0.15) is 0 Å². The molecule has 0 saturated carbocycles. The van der Waals surface area contributed by atoms with Gasteiger partial charge < -0.3 is 10.1 Å². The van der Waals surface area contributed by atoms with Gasteiger partial charge in [0.2, 0.25) is 0 Å². The lowest BCUT2D eigenvalue weighted by Gasteiger charge is -2.22. The Balaban J connectivity index is 1.67. The van der Waals surface area contributed by atoms with Crippen molar-refractivity contribution in [3.8, 4) is 0 Å². The van der Waals surface area contributed by atoms with Gasteiger partial charge in [-0.05, 0) is 37.5 Å². The van der Waals surface area contributed by atoms with Crippen molar-refractivity contribution in [3.63, 3.8) is 0 Å². The van der Waals surface area contributed by atoms with Gasteiger partial charge in [0.15, 0.2) is 5.13 Å². The SMILES string of the molecule is Brc1ccc2sc(NCC3CCCCO3)nc2c1. The lowest BCUT2D eigenvalue weighted by atomic mass is 10.1. The summed E-state index contributed by atoms with van der Waals surface area (Å²) in [6, 6.07) is 6.20. The number of rotatable bonds is 3. The van der Waals surface area contributed by atoms with Crippen LogP contribution in [0.3, 0.4) is 0 Å². The number of hydrogen-bond donors (Lipinski definition) is 1.